The Hall–Kier alpha value is -5.58. The summed E-state index contributed by atoms with van der Waals surface area (Å²) in [6, 6.07) is 36.3. The largest absolute Gasteiger partial charge is 0.456 e. The average molecular weight is 586 g/mol. The molecule has 0 amide bonds. The van der Waals surface area contributed by atoms with Crippen molar-refractivity contribution in [2.24, 2.45) is 0 Å². The smallest absolute Gasteiger partial charge is 0.160 e. The van der Waals surface area contributed by atoms with Crippen LogP contribution in [0, 0.1) is 0 Å². The van der Waals surface area contributed by atoms with Crippen molar-refractivity contribution in [1.82, 2.24) is 9.97 Å². The SMILES string of the molecule is [2H]c1c([2H])c([2H])c(-c2cc(-c3ccccc3)nc(-c3ccc4c(c3)oc3cccc(-c5cccc6c5sc5ccccc56)c34)n2)c([2H])c1[2H]. The van der Waals surface area contributed by atoms with Gasteiger partial charge in [0.15, 0.2) is 5.82 Å². The van der Waals surface area contributed by atoms with Crippen LogP contribution in [-0.4, -0.2) is 9.97 Å². The van der Waals surface area contributed by atoms with E-state index in [-0.39, 0.29) is 23.3 Å². The lowest BCUT2D eigenvalue weighted by Crippen LogP contribution is -1.95. The Morgan fingerprint density at radius 2 is 1.30 bits per heavy atom. The summed E-state index contributed by atoms with van der Waals surface area (Å²) in [5.74, 6) is 0.348. The molecule has 6 aromatic carbocycles. The second kappa shape index (κ2) is 10.0. The third kappa shape index (κ3) is 4.03. The van der Waals surface area contributed by atoms with Gasteiger partial charge >= 0.3 is 0 Å². The van der Waals surface area contributed by atoms with E-state index in [1.165, 1.54) is 20.2 Å². The van der Waals surface area contributed by atoms with Gasteiger partial charge in [-0.2, -0.15) is 0 Å². The van der Waals surface area contributed by atoms with E-state index in [2.05, 4.69) is 48.5 Å². The first-order valence-electron chi connectivity index (χ1n) is 16.8. The Bertz CT molecular complexity index is 2760. The van der Waals surface area contributed by atoms with E-state index in [0.717, 1.165) is 33.0 Å². The van der Waals surface area contributed by atoms with Crippen molar-refractivity contribution < 1.29 is 11.3 Å². The highest BCUT2D eigenvalue weighted by atomic mass is 32.1. The van der Waals surface area contributed by atoms with Crippen LogP contribution in [0.5, 0.6) is 0 Å². The highest BCUT2D eigenvalue weighted by Crippen LogP contribution is 2.44. The predicted octanol–water partition coefficient (Wildman–Crippen LogP) is 11.4. The van der Waals surface area contributed by atoms with Crippen LogP contribution < -0.4 is 0 Å². The average Bonchev–Trinajstić information content (AvgIpc) is 3.72. The molecule has 9 aromatic rings. The number of benzene rings is 6. The van der Waals surface area contributed by atoms with Gasteiger partial charge in [0.2, 0.25) is 0 Å². The monoisotopic (exact) mass is 585 g/mol. The van der Waals surface area contributed by atoms with Gasteiger partial charge in [0, 0.05) is 53.2 Å². The fourth-order valence-corrected chi connectivity index (χ4v) is 7.22. The zero-order valence-corrected chi connectivity index (χ0v) is 24.0. The van der Waals surface area contributed by atoms with E-state index in [9.17, 15) is 0 Å². The number of aromatic nitrogens is 2. The first-order chi connectivity index (χ1) is 23.9. The summed E-state index contributed by atoms with van der Waals surface area (Å²) in [7, 11) is 0. The third-order valence-corrected chi connectivity index (χ3v) is 9.22. The molecule has 0 aliphatic carbocycles. The molecule has 0 radical (unpaired) electrons. The fraction of sp³-hybridized carbons (Fsp3) is 0. The third-order valence-electron chi connectivity index (χ3n) is 8.00. The molecule has 0 spiro atoms. The standard InChI is InChI=1S/C40H24N2OS/c1-3-11-25(12-4-1)33-24-34(26-13-5-2-6-14-26)42-40(41-33)27-21-22-32-36(23-27)43-35-19-10-16-29(38(32)35)31-18-9-17-30-28-15-7-8-20-37(28)44-39(30)31/h1-24H/i1D,3D,4D,11D,12D. The van der Waals surface area contributed by atoms with Crippen LogP contribution in [0.1, 0.15) is 6.85 Å². The molecule has 0 aliphatic heterocycles. The van der Waals surface area contributed by atoms with Crippen molar-refractivity contribution in [3.8, 4) is 45.0 Å². The molecule has 3 nitrogen and oxygen atoms in total. The topological polar surface area (TPSA) is 38.9 Å². The number of nitrogens with zero attached hydrogens (tertiary/aromatic N) is 2. The molecule has 0 fully saturated rings. The van der Waals surface area contributed by atoms with Crippen molar-refractivity contribution in [2.75, 3.05) is 0 Å². The molecule has 0 atom stereocenters. The molecule has 3 aromatic heterocycles. The molecular formula is C40H24N2OS. The van der Waals surface area contributed by atoms with Gasteiger partial charge in [-0.05, 0) is 35.9 Å². The van der Waals surface area contributed by atoms with Gasteiger partial charge in [-0.1, -0.05) is 115 Å². The van der Waals surface area contributed by atoms with Gasteiger partial charge in [0.25, 0.3) is 0 Å². The van der Waals surface area contributed by atoms with E-state index in [1.807, 2.05) is 60.7 Å². The van der Waals surface area contributed by atoms with Crippen LogP contribution in [0.3, 0.4) is 0 Å². The number of thiophene rings is 1. The zero-order chi connectivity index (χ0) is 33.4. The van der Waals surface area contributed by atoms with Crippen molar-refractivity contribution >= 4 is 53.4 Å². The Labute approximate surface area is 264 Å². The quantitative estimate of drug-likeness (QED) is 0.206. The normalized spacial score (nSPS) is 13.2. The lowest BCUT2D eigenvalue weighted by molar-refractivity contribution is 0.669. The van der Waals surface area contributed by atoms with Crippen molar-refractivity contribution in [1.29, 1.82) is 0 Å². The minimum Gasteiger partial charge on any atom is -0.456 e. The molecule has 0 aliphatic rings. The van der Waals surface area contributed by atoms with Crippen LogP contribution >= 0.6 is 11.3 Å². The molecule has 3 heterocycles. The first kappa shape index (κ1) is 20.3. The summed E-state index contributed by atoms with van der Waals surface area (Å²) in [6.45, 7) is 0. The second-order valence-corrected chi connectivity index (χ2v) is 11.7. The maximum Gasteiger partial charge on any atom is 0.160 e. The molecule has 0 saturated carbocycles. The molecule has 4 heteroatoms. The van der Waals surface area contributed by atoms with Crippen LogP contribution in [0.15, 0.2) is 150 Å². The second-order valence-electron chi connectivity index (χ2n) is 10.6. The maximum atomic E-state index is 8.62. The molecule has 44 heavy (non-hydrogen) atoms. The lowest BCUT2D eigenvalue weighted by Gasteiger charge is -2.09. The summed E-state index contributed by atoms with van der Waals surface area (Å²) < 4.78 is 50.8. The summed E-state index contributed by atoms with van der Waals surface area (Å²) in [5.41, 5.74) is 5.99. The molecule has 0 unspecified atom stereocenters. The fourth-order valence-electron chi connectivity index (χ4n) is 5.99. The number of rotatable bonds is 4. The van der Waals surface area contributed by atoms with E-state index < -0.39 is 18.1 Å². The van der Waals surface area contributed by atoms with E-state index >= 15 is 0 Å². The highest BCUT2D eigenvalue weighted by molar-refractivity contribution is 7.26. The summed E-state index contributed by atoms with van der Waals surface area (Å²) in [5, 5.41) is 4.46. The summed E-state index contributed by atoms with van der Waals surface area (Å²) in [4.78, 5) is 9.69. The molecular weight excluding hydrogens is 557 g/mol. The van der Waals surface area contributed by atoms with Crippen molar-refractivity contribution in [3.05, 3.63) is 145 Å². The number of furan rings is 1. The van der Waals surface area contributed by atoms with Crippen LogP contribution in [0.2, 0.25) is 0 Å². The van der Waals surface area contributed by atoms with E-state index in [4.69, 9.17) is 21.2 Å². The Kier molecular flexibility index (Phi) is 4.63. The van der Waals surface area contributed by atoms with Crippen LogP contribution in [0.4, 0.5) is 0 Å². The highest BCUT2D eigenvalue weighted by Gasteiger charge is 2.18. The lowest BCUT2D eigenvalue weighted by atomic mass is 9.97. The first-order valence-corrected chi connectivity index (χ1v) is 15.1. The molecule has 206 valence electrons. The number of hydrogen-bond donors (Lipinski definition) is 0. The van der Waals surface area contributed by atoms with Gasteiger partial charge in [0.05, 0.1) is 18.2 Å². The van der Waals surface area contributed by atoms with E-state index in [0.29, 0.717) is 22.7 Å². The molecule has 9 rings (SSSR count). The summed E-state index contributed by atoms with van der Waals surface area (Å²) in [6.07, 6.45) is 0. The van der Waals surface area contributed by atoms with Gasteiger partial charge in [-0.25, -0.2) is 9.97 Å². The van der Waals surface area contributed by atoms with Gasteiger partial charge < -0.3 is 4.42 Å². The minimum absolute atomic E-state index is 0.0247. The predicted molar refractivity (Wildman–Crippen MR) is 184 cm³/mol. The van der Waals surface area contributed by atoms with Gasteiger partial charge in [0.1, 0.15) is 11.2 Å². The van der Waals surface area contributed by atoms with Crippen molar-refractivity contribution in [3.63, 3.8) is 0 Å². The minimum atomic E-state index is -0.449. The van der Waals surface area contributed by atoms with Crippen molar-refractivity contribution in [2.45, 2.75) is 0 Å². The number of fused-ring (bicyclic) bond motifs is 6. The number of hydrogen-bond acceptors (Lipinski definition) is 4. The summed E-state index contributed by atoms with van der Waals surface area (Å²) >= 11 is 1.80. The van der Waals surface area contributed by atoms with Crippen LogP contribution in [0.25, 0.3) is 87.1 Å². The molecule has 0 bridgehead atoms. The zero-order valence-electron chi connectivity index (χ0n) is 28.2. The Balaban J connectivity index is 1.24. The maximum absolute atomic E-state index is 8.62. The Morgan fingerprint density at radius 1 is 0.545 bits per heavy atom. The Morgan fingerprint density at radius 3 is 2.18 bits per heavy atom. The molecule has 0 saturated heterocycles. The van der Waals surface area contributed by atoms with E-state index in [1.54, 1.807) is 17.4 Å². The van der Waals surface area contributed by atoms with Crippen LogP contribution in [-0.2, 0) is 0 Å². The van der Waals surface area contributed by atoms with Gasteiger partial charge in [-0.3, -0.25) is 0 Å². The molecule has 0 N–H and O–H groups in total. The van der Waals surface area contributed by atoms with Gasteiger partial charge in [-0.15, -0.1) is 11.3 Å².